The molecule has 0 aliphatic carbocycles. The van der Waals surface area contributed by atoms with E-state index >= 15 is 0 Å². The zero-order chi connectivity index (χ0) is 20.1. The molecule has 0 bridgehead atoms. The van der Waals surface area contributed by atoms with Gasteiger partial charge in [-0.05, 0) is 48.5 Å². The maximum absolute atomic E-state index is 12.9. The first-order valence-electron chi connectivity index (χ1n) is 8.13. The highest BCUT2D eigenvalue weighted by molar-refractivity contribution is 7.91. The van der Waals surface area contributed by atoms with Crippen LogP contribution >= 0.6 is 0 Å². The van der Waals surface area contributed by atoms with Gasteiger partial charge in [-0.1, -0.05) is 5.10 Å². The van der Waals surface area contributed by atoms with E-state index in [0.29, 0.717) is 11.3 Å². The number of nitrogens with zero attached hydrogens (tertiary/aromatic N) is 2. The first-order valence-corrected chi connectivity index (χ1v) is 9.79. The molecule has 0 spiro atoms. The Labute approximate surface area is 160 Å². The number of rotatable bonds is 7. The summed E-state index contributed by atoms with van der Waals surface area (Å²) in [6.07, 6.45) is -0.319. The van der Waals surface area contributed by atoms with Crippen molar-refractivity contribution in [1.29, 1.82) is 0 Å². The normalized spacial score (nSPS) is 11.2. The third-order valence-corrected chi connectivity index (χ3v) is 5.51. The number of amides is 1. The molecule has 3 aromatic rings. The van der Waals surface area contributed by atoms with E-state index in [1.807, 2.05) is 0 Å². The van der Waals surface area contributed by atoms with Gasteiger partial charge in [0.25, 0.3) is 0 Å². The van der Waals surface area contributed by atoms with Crippen LogP contribution in [0.2, 0.25) is 0 Å². The van der Waals surface area contributed by atoms with Crippen LogP contribution in [-0.2, 0) is 14.6 Å². The molecule has 28 heavy (non-hydrogen) atoms. The summed E-state index contributed by atoms with van der Waals surface area (Å²) in [5, 5.41) is 9.91. The average molecular weight is 405 g/mol. The zero-order valence-electron chi connectivity index (χ0n) is 14.8. The van der Waals surface area contributed by atoms with Gasteiger partial charge in [-0.2, -0.15) is 0 Å². The molecule has 1 amide bonds. The van der Waals surface area contributed by atoms with E-state index in [1.165, 1.54) is 0 Å². The van der Waals surface area contributed by atoms with E-state index < -0.39 is 27.3 Å². The third-order valence-electron chi connectivity index (χ3n) is 3.78. The average Bonchev–Trinajstić information content (AvgIpc) is 3.15. The molecule has 0 aliphatic heterocycles. The van der Waals surface area contributed by atoms with Crippen LogP contribution in [0.1, 0.15) is 6.42 Å². The van der Waals surface area contributed by atoms with E-state index in [9.17, 15) is 17.6 Å². The molecule has 0 aliphatic rings. The molecule has 0 fully saturated rings. The number of nitrogens with one attached hydrogen (secondary N) is 1. The predicted molar refractivity (Wildman–Crippen MR) is 98.0 cm³/mol. The number of halogens is 1. The monoisotopic (exact) mass is 405 g/mol. The van der Waals surface area contributed by atoms with Gasteiger partial charge >= 0.3 is 6.01 Å². The Hall–Kier alpha value is -3.27. The lowest BCUT2D eigenvalue weighted by molar-refractivity contribution is -0.115. The second-order valence-corrected chi connectivity index (χ2v) is 7.82. The van der Waals surface area contributed by atoms with Gasteiger partial charge in [-0.3, -0.25) is 10.1 Å². The van der Waals surface area contributed by atoms with Crippen molar-refractivity contribution in [3.05, 3.63) is 54.3 Å². The second-order valence-electron chi connectivity index (χ2n) is 5.71. The minimum absolute atomic E-state index is 0.0544. The van der Waals surface area contributed by atoms with Gasteiger partial charge in [0.2, 0.25) is 11.8 Å². The minimum atomic E-state index is -3.71. The lowest BCUT2D eigenvalue weighted by Crippen LogP contribution is -2.17. The fourth-order valence-corrected chi connectivity index (χ4v) is 3.53. The van der Waals surface area contributed by atoms with Crippen LogP contribution in [0.5, 0.6) is 5.75 Å². The lowest BCUT2D eigenvalue weighted by Gasteiger charge is -2.04. The van der Waals surface area contributed by atoms with Crippen LogP contribution in [0.3, 0.4) is 0 Å². The van der Waals surface area contributed by atoms with Crippen molar-refractivity contribution in [2.45, 2.75) is 11.3 Å². The van der Waals surface area contributed by atoms with Crippen molar-refractivity contribution in [2.75, 3.05) is 18.2 Å². The highest BCUT2D eigenvalue weighted by Gasteiger charge is 2.18. The summed E-state index contributed by atoms with van der Waals surface area (Å²) in [6.45, 7) is 0. The first kappa shape index (κ1) is 19.5. The maximum atomic E-state index is 12.9. The Morgan fingerprint density at radius 1 is 1.11 bits per heavy atom. The number of carbonyl (C=O) groups excluding carboxylic acids is 1. The fourth-order valence-electron chi connectivity index (χ4n) is 2.29. The highest BCUT2D eigenvalue weighted by atomic mass is 32.2. The molecule has 0 radical (unpaired) electrons. The van der Waals surface area contributed by atoms with Gasteiger partial charge in [0.1, 0.15) is 11.6 Å². The van der Waals surface area contributed by atoms with Gasteiger partial charge in [0.15, 0.2) is 9.84 Å². The molecule has 146 valence electrons. The number of hydrogen-bond donors (Lipinski definition) is 1. The summed E-state index contributed by atoms with van der Waals surface area (Å²) in [5.74, 6) is -0.725. The SMILES string of the molecule is COc1ccc(-c2nnc(NC(=O)CCS(=O)(=O)c3ccc(F)cc3)o2)cc1. The van der Waals surface area contributed by atoms with Gasteiger partial charge < -0.3 is 9.15 Å². The molecule has 0 atom stereocenters. The fraction of sp³-hybridized carbons (Fsp3) is 0.167. The summed E-state index contributed by atoms with van der Waals surface area (Å²) in [6, 6.07) is 11.1. The van der Waals surface area contributed by atoms with Crippen LogP contribution in [-0.4, -0.2) is 37.4 Å². The van der Waals surface area contributed by atoms with Crippen LogP contribution in [0.25, 0.3) is 11.5 Å². The third kappa shape index (κ3) is 4.71. The summed E-state index contributed by atoms with van der Waals surface area (Å²) < 4.78 is 47.7. The molecule has 1 heterocycles. The van der Waals surface area contributed by atoms with Gasteiger partial charge in [0.05, 0.1) is 17.8 Å². The number of ether oxygens (including phenoxy) is 1. The number of benzene rings is 2. The number of carbonyl (C=O) groups is 1. The molecule has 2 aromatic carbocycles. The molecule has 3 rings (SSSR count). The van der Waals surface area contributed by atoms with E-state index in [4.69, 9.17) is 9.15 Å². The Kier molecular flexibility index (Phi) is 5.69. The van der Waals surface area contributed by atoms with E-state index in [2.05, 4.69) is 15.5 Å². The maximum Gasteiger partial charge on any atom is 0.322 e. The van der Waals surface area contributed by atoms with Crippen molar-refractivity contribution < 1.29 is 26.8 Å². The van der Waals surface area contributed by atoms with Crippen LogP contribution in [0, 0.1) is 5.82 Å². The van der Waals surface area contributed by atoms with E-state index in [0.717, 1.165) is 24.3 Å². The predicted octanol–water partition coefficient (Wildman–Crippen LogP) is 2.69. The van der Waals surface area contributed by atoms with Crippen molar-refractivity contribution in [1.82, 2.24) is 10.2 Å². The summed E-state index contributed by atoms with van der Waals surface area (Å²) in [5.41, 5.74) is 0.632. The smallest absolute Gasteiger partial charge is 0.322 e. The summed E-state index contributed by atoms with van der Waals surface area (Å²) >= 11 is 0. The van der Waals surface area contributed by atoms with Crippen molar-refractivity contribution in [2.24, 2.45) is 0 Å². The van der Waals surface area contributed by atoms with Crippen molar-refractivity contribution >= 4 is 21.8 Å². The van der Waals surface area contributed by atoms with Crippen LogP contribution in [0.4, 0.5) is 10.4 Å². The molecule has 1 aromatic heterocycles. The molecular weight excluding hydrogens is 389 g/mol. The Morgan fingerprint density at radius 3 is 2.43 bits per heavy atom. The van der Waals surface area contributed by atoms with Gasteiger partial charge in [0, 0.05) is 12.0 Å². The second kappa shape index (κ2) is 8.17. The molecule has 0 saturated carbocycles. The topological polar surface area (TPSA) is 111 Å². The Balaban J connectivity index is 1.59. The summed E-state index contributed by atoms with van der Waals surface area (Å²) in [4.78, 5) is 11.9. The number of methoxy groups -OCH3 is 1. The van der Waals surface area contributed by atoms with Crippen molar-refractivity contribution in [3.8, 4) is 17.2 Å². The molecule has 0 saturated heterocycles. The summed E-state index contributed by atoms with van der Waals surface area (Å²) in [7, 11) is -2.17. The standard InChI is InChI=1S/C18H16FN3O5S/c1-26-14-6-2-12(3-7-14)17-21-22-18(27-17)20-16(23)10-11-28(24,25)15-8-4-13(19)5-9-15/h2-9H,10-11H2,1H3,(H,20,22,23). The minimum Gasteiger partial charge on any atom is -0.497 e. The molecule has 0 unspecified atom stereocenters. The molecular formula is C18H16FN3O5S. The van der Waals surface area contributed by atoms with E-state index in [-0.39, 0.29) is 23.2 Å². The largest absolute Gasteiger partial charge is 0.497 e. The Morgan fingerprint density at radius 2 is 1.79 bits per heavy atom. The number of anilines is 1. The van der Waals surface area contributed by atoms with Crippen LogP contribution in [0.15, 0.2) is 57.8 Å². The van der Waals surface area contributed by atoms with Gasteiger partial charge in [-0.15, -0.1) is 5.10 Å². The van der Waals surface area contributed by atoms with E-state index in [1.54, 1.807) is 31.4 Å². The molecule has 10 heteroatoms. The molecule has 1 N–H and O–H groups in total. The molecule has 8 nitrogen and oxygen atoms in total. The zero-order valence-corrected chi connectivity index (χ0v) is 15.6. The van der Waals surface area contributed by atoms with Crippen molar-refractivity contribution in [3.63, 3.8) is 0 Å². The first-order chi connectivity index (χ1) is 13.4. The number of aromatic nitrogens is 2. The number of sulfone groups is 1. The van der Waals surface area contributed by atoms with Gasteiger partial charge in [-0.25, -0.2) is 12.8 Å². The van der Waals surface area contributed by atoms with Crippen LogP contribution < -0.4 is 10.1 Å². The number of hydrogen-bond acceptors (Lipinski definition) is 7. The highest BCUT2D eigenvalue weighted by Crippen LogP contribution is 2.22. The quantitative estimate of drug-likeness (QED) is 0.602. The Bertz CT molecular complexity index is 1060. The lowest BCUT2D eigenvalue weighted by atomic mass is 10.2.